The summed E-state index contributed by atoms with van der Waals surface area (Å²) in [5.74, 6) is 0.0564. The summed E-state index contributed by atoms with van der Waals surface area (Å²) >= 11 is 0. The number of nitrogens with one attached hydrogen (secondary N) is 1. The molecule has 3 rings (SSSR count). The van der Waals surface area contributed by atoms with E-state index in [1.54, 1.807) is 30.3 Å². The van der Waals surface area contributed by atoms with Gasteiger partial charge in [0.1, 0.15) is 18.0 Å². The number of benzene rings is 3. The Morgan fingerprint density at radius 1 is 0.946 bits per heavy atom. The van der Waals surface area contributed by atoms with E-state index in [0.29, 0.717) is 5.75 Å². The van der Waals surface area contributed by atoms with E-state index in [1.165, 1.54) is 38.6 Å². The predicted octanol–water partition coefficient (Wildman–Crippen LogP) is 3.90. The second-order valence-electron chi connectivity index (χ2n) is 7.92. The fourth-order valence-corrected chi connectivity index (χ4v) is 5.16. The van der Waals surface area contributed by atoms with E-state index in [0.717, 1.165) is 28.6 Å². The summed E-state index contributed by atoms with van der Waals surface area (Å²) in [6, 6.07) is 20.4. The van der Waals surface area contributed by atoms with Crippen molar-refractivity contribution in [3.05, 3.63) is 78.4 Å². The van der Waals surface area contributed by atoms with Crippen LogP contribution in [0.5, 0.6) is 11.5 Å². The van der Waals surface area contributed by atoms with Gasteiger partial charge < -0.3 is 14.4 Å². The van der Waals surface area contributed by atoms with Crippen LogP contribution in [0.2, 0.25) is 0 Å². The van der Waals surface area contributed by atoms with Gasteiger partial charge in [0.05, 0.1) is 31.0 Å². The van der Waals surface area contributed by atoms with E-state index in [2.05, 4.69) is 29.3 Å². The maximum absolute atomic E-state index is 13.6. The van der Waals surface area contributed by atoms with Crippen LogP contribution >= 0.6 is 0 Å². The highest BCUT2D eigenvalue weighted by molar-refractivity contribution is 7.92. The largest absolute Gasteiger partial charge is 0.497 e. The molecule has 10 heteroatoms. The average Bonchev–Trinajstić information content (AvgIpc) is 2.93. The number of hydrogen-bond donors (Lipinski definition) is 1. The lowest BCUT2D eigenvalue weighted by Crippen LogP contribution is -2.39. The quantitative estimate of drug-likeness (QED) is 0.285. The van der Waals surface area contributed by atoms with Crippen molar-refractivity contribution in [2.24, 2.45) is 5.10 Å². The normalized spacial score (nSPS) is 11.2. The highest BCUT2D eigenvalue weighted by atomic mass is 32.2. The van der Waals surface area contributed by atoms with Crippen LogP contribution in [0.25, 0.3) is 0 Å². The lowest BCUT2D eigenvalue weighted by Gasteiger charge is -2.25. The number of ether oxygens (including phenoxy) is 2. The van der Waals surface area contributed by atoms with Gasteiger partial charge in [0.15, 0.2) is 0 Å². The third-order valence-corrected chi connectivity index (χ3v) is 7.47. The fourth-order valence-electron chi connectivity index (χ4n) is 3.72. The first-order valence-electron chi connectivity index (χ1n) is 11.8. The number of methoxy groups -OCH3 is 2. The van der Waals surface area contributed by atoms with Crippen LogP contribution in [0, 0.1) is 0 Å². The Morgan fingerprint density at radius 3 is 2.22 bits per heavy atom. The molecular formula is C27H32N4O5S. The first-order valence-corrected chi connectivity index (χ1v) is 13.2. The van der Waals surface area contributed by atoms with Crippen molar-refractivity contribution in [3.63, 3.8) is 0 Å². The van der Waals surface area contributed by atoms with Gasteiger partial charge in [-0.1, -0.05) is 30.3 Å². The lowest BCUT2D eigenvalue weighted by atomic mass is 10.2. The number of hydrogen-bond acceptors (Lipinski definition) is 7. The zero-order valence-electron chi connectivity index (χ0n) is 21.4. The lowest BCUT2D eigenvalue weighted by molar-refractivity contribution is -0.119. The van der Waals surface area contributed by atoms with E-state index in [-0.39, 0.29) is 16.3 Å². The standard InChI is InChI=1S/C27H32N4O5S/c1-5-30(6-2)22-14-12-21(13-15-22)19-28-29-27(32)20-31(37(33,34)24-10-8-7-9-11-24)25-18-23(35-3)16-17-26(25)36-4/h7-19H,5-6,20H2,1-4H3,(H,29,32). The molecule has 0 saturated carbocycles. The molecule has 9 nitrogen and oxygen atoms in total. The number of amides is 1. The second-order valence-corrected chi connectivity index (χ2v) is 9.78. The summed E-state index contributed by atoms with van der Waals surface area (Å²) in [4.78, 5) is 15.1. The number of carbonyl (C=O) groups excluding carboxylic acids is 1. The summed E-state index contributed by atoms with van der Waals surface area (Å²) in [5, 5.41) is 4.02. The molecule has 0 saturated heterocycles. The van der Waals surface area contributed by atoms with Crippen molar-refractivity contribution in [1.29, 1.82) is 0 Å². The first-order chi connectivity index (χ1) is 17.8. The molecule has 1 N–H and O–H groups in total. The fraction of sp³-hybridized carbons (Fsp3) is 0.259. The topological polar surface area (TPSA) is 101 Å². The van der Waals surface area contributed by atoms with Gasteiger partial charge in [-0.15, -0.1) is 0 Å². The Balaban J connectivity index is 1.84. The van der Waals surface area contributed by atoms with Crippen molar-refractivity contribution in [2.45, 2.75) is 18.7 Å². The van der Waals surface area contributed by atoms with Gasteiger partial charge in [0, 0.05) is 24.8 Å². The Morgan fingerprint density at radius 2 is 1.62 bits per heavy atom. The van der Waals surface area contributed by atoms with Crippen LogP contribution in [0.3, 0.4) is 0 Å². The van der Waals surface area contributed by atoms with Gasteiger partial charge in [-0.3, -0.25) is 9.10 Å². The van der Waals surface area contributed by atoms with Crippen LogP contribution in [0.4, 0.5) is 11.4 Å². The van der Waals surface area contributed by atoms with Crippen molar-refractivity contribution in [3.8, 4) is 11.5 Å². The molecule has 0 aliphatic rings. The minimum atomic E-state index is -4.12. The van der Waals surface area contributed by atoms with Crippen LogP contribution < -0.4 is 24.1 Å². The van der Waals surface area contributed by atoms with Crippen molar-refractivity contribution < 1.29 is 22.7 Å². The Bertz CT molecular complexity index is 1310. The van der Waals surface area contributed by atoms with Gasteiger partial charge in [-0.05, 0) is 55.8 Å². The molecule has 196 valence electrons. The number of rotatable bonds is 12. The molecule has 0 heterocycles. The third kappa shape index (κ3) is 6.79. The molecule has 0 fully saturated rings. The van der Waals surface area contributed by atoms with Crippen LogP contribution in [0.15, 0.2) is 82.8 Å². The van der Waals surface area contributed by atoms with Crippen LogP contribution in [-0.2, 0) is 14.8 Å². The van der Waals surface area contributed by atoms with Crippen molar-refractivity contribution >= 4 is 33.5 Å². The molecule has 0 unspecified atom stereocenters. The van der Waals surface area contributed by atoms with Crippen LogP contribution in [-0.4, -0.2) is 54.4 Å². The maximum Gasteiger partial charge on any atom is 0.264 e. The third-order valence-electron chi connectivity index (χ3n) is 5.70. The Hall–Kier alpha value is -4.05. The predicted molar refractivity (Wildman–Crippen MR) is 146 cm³/mol. The van der Waals surface area contributed by atoms with Crippen LogP contribution in [0.1, 0.15) is 19.4 Å². The summed E-state index contributed by atoms with van der Waals surface area (Å²) < 4.78 is 38.8. The summed E-state index contributed by atoms with van der Waals surface area (Å²) in [6.45, 7) is 5.47. The molecule has 0 aliphatic heterocycles. The molecule has 0 atom stereocenters. The summed E-state index contributed by atoms with van der Waals surface area (Å²) in [5.41, 5.74) is 4.47. The Kier molecular flexibility index (Phi) is 9.51. The Labute approximate surface area is 218 Å². The highest BCUT2D eigenvalue weighted by Crippen LogP contribution is 2.35. The van der Waals surface area contributed by atoms with E-state index in [4.69, 9.17) is 9.47 Å². The number of anilines is 2. The molecule has 0 aromatic heterocycles. The molecule has 3 aromatic carbocycles. The molecule has 0 spiro atoms. The van der Waals surface area contributed by atoms with E-state index in [9.17, 15) is 13.2 Å². The molecular weight excluding hydrogens is 492 g/mol. The number of hydrazone groups is 1. The SMILES string of the molecule is CCN(CC)c1ccc(C=NNC(=O)CN(c2cc(OC)ccc2OC)S(=O)(=O)c2ccccc2)cc1. The molecule has 0 radical (unpaired) electrons. The number of sulfonamides is 1. The van der Waals surface area contributed by atoms with Gasteiger partial charge in [0.2, 0.25) is 0 Å². The first kappa shape index (κ1) is 27.5. The van der Waals surface area contributed by atoms with Gasteiger partial charge in [-0.2, -0.15) is 5.10 Å². The molecule has 0 aliphatic carbocycles. The highest BCUT2D eigenvalue weighted by Gasteiger charge is 2.29. The molecule has 37 heavy (non-hydrogen) atoms. The summed E-state index contributed by atoms with van der Waals surface area (Å²) in [6.07, 6.45) is 1.51. The molecule has 1 amide bonds. The van der Waals surface area contributed by atoms with E-state index < -0.39 is 22.5 Å². The van der Waals surface area contributed by atoms with Crippen molar-refractivity contribution in [2.75, 3.05) is 43.1 Å². The zero-order valence-corrected chi connectivity index (χ0v) is 22.2. The summed E-state index contributed by atoms with van der Waals surface area (Å²) in [7, 11) is -1.23. The smallest absolute Gasteiger partial charge is 0.264 e. The molecule has 3 aromatic rings. The minimum Gasteiger partial charge on any atom is -0.497 e. The minimum absolute atomic E-state index is 0.0319. The monoisotopic (exact) mass is 524 g/mol. The van der Waals surface area contributed by atoms with E-state index >= 15 is 0 Å². The number of carbonyl (C=O) groups is 1. The van der Waals surface area contributed by atoms with Crippen molar-refractivity contribution in [1.82, 2.24) is 5.43 Å². The van der Waals surface area contributed by atoms with Gasteiger partial charge >= 0.3 is 0 Å². The van der Waals surface area contributed by atoms with E-state index in [1.807, 2.05) is 24.3 Å². The zero-order chi connectivity index (χ0) is 26.8. The molecule has 0 bridgehead atoms. The average molecular weight is 525 g/mol. The van der Waals surface area contributed by atoms with Gasteiger partial charge in [-0.25, -0.2) is 13.8 Å². The maximum atomic E-state index is 13.6. The van der Waals surface area contributed by atoms with Gasteiger partial charge in [0.25, 0.3) is 15.9 Å². The number of nitrogens with zero attached hydrogens (tertiary/aromatic N) is 3. The second kappa shape index (κ2) is 12.8.